The molecule has 1 unspecified atom stereocenters. The Balaban J connectivity index is 1.73. The van der Waals surface area contributed by atoms with E-state index < -0.39 is 0 Å². The summed E-state index contributed by atoms with van der Waals surface area (Å²) in [6.07, 6.45) is 9.98. The summed E-state index contributed by atoms with van der Waals surface area (Å²) < 4.78 is 0. The van der Waals surface area contributed by atoms with E-state index in [0.29, 0.717) is 11.5 Å². The molecule has 1 aliphatic carbocycles. The Morgan fingerprint density at radius 2 is 1.65 bits per heavy atom. The molecular weight excluding hydrogens is 244 g/mol. The third-order valence-corrected chi connectivity index (χ3v) is 5.80. The second kappa shape index (κ2) is 7.26. The second-order valence-electron chi connectivity index (χ2n) is 7.91. The second-order valence-corrected chi connectivity index (χ2v) is 7.91. The van der Waals surface area contributed by atoms with Crippen LogP contribution in [0.5, 0.6) is 0 Å². The molecule has 1 saturated carbocycles. The van der Waals surface area contributed by atoms with E-state index in [4.69, 9.17) is 0 Å². The molecule has 118 valence electrons. The average Bonchev–Trinajstić information content (AvgIpc) is 2.44. The van der Waals surface area contributed by atoms with Gasteiger partial charge in [-0.15, -0.1) is 0 Å². The van der Waals surface area contributed by atoms with Gasteiger partial charge >= 0.3 is 0 Å². The van der Waals surface area contributed by atoms with Gasteiger partial charge in [-0.25, -0.2) is 0 Å². The molecule has 1 spiro atoms. The number of rotatable bonds is 5. The summed E-state index contributed by atoms with van der Waals surface area (Å²) in [6, 6.07) is 1.44. The minimum atomic E-state index is 0.645. The predicted molar refractivity (Wildman–Crippen MR) is 88.1 cm³/mol. The predicted octanol–water partition coefficient (Wildman–Crippen LogP) is 4.06. The van der Waals surface area contributed by atoms with Gasteiger partial charge in [0.15, 0.2) is 0 Å². The molecule has 2 heteroatoms. The van der Waals surface area contributed by atoms with Crippen LogP contribution in [0.15, 0.2) is 0 Å². The molecule has 1 saturated heterocycles. The van der Waals surface area contributed by atoms with E-state index in [1.54, 1.807) is 0 Å². The van der Waals surface area contributed by atoms with Crippen molar-refractivity contribution in [3.8, 4) is 0 Å². The van der Waals surface area contributed by atoms with Crippen molar-refractivity contribution in [1.82, 2.24) is 10.2 Å². The van der Waals surface area contributed by atoms with Gasteiger partial charge in [0.25, 0.3) is 0 Å². The smallest absolute Gasteiger partial charge is 0.00698 e. The fourth-order valence-electron chi connectivity index (χ4n) is 4.15. The molecule has 1 heterocycles. The molecule has 0 aromatic carbocycles. The minimum absolute atomic E-state index is 0.645. The molecule has 1 aliphatic heterocycles. The number of hydrogen-bond donors (Lipinski definition) is 1. The van der Waals surface area contributed by atoms with Crippen LogP contribution in [-0.4, -0.2) is 36.6 Å². The molecule has 0 aromatic rings. The minimum Gasteiger partial charge on any atom is -0.312 e. The lowest BCUT2D eigenvalue weighted by Gasteiger charge is -2.46. The summed E-state index contributed by atoms with van der Waals surface area (Å²) in [6.45, 7) is 13.3. The largest absolute Gasteiger partial charge is 0.312 e. The Morgan fingerprint density at radius 3 is 2.15 bits per heavy atom. The van der Waals surface area contributed by atoms with E-state index in [2.05, 4.69) is 37.9 Å². The van der Waals surface area contributed by atoms with Gasteiger partial charge in [-0.3, -0.25) is 0 Å². The van der Waals surface area contributed by atoms with E-state index in [9.17, 15) is 0 Å². The zero-order valence-corrected chi connectivity index (χ0v) is 14.3. The van der Waals surface area contributed by atoms with Crippen LogP contribution in [0, 0.1) is 11.3 Å². The zero-order chi connectivity index (χ0) is 14.6. The Bertz CT molecular complexity index is 269. The summed E-state index contributed by atoms with van der Waals surface area (Å²) in [5.41, 5.74) is 0.709. The molecule has 1 N–H and O–H groups in total. The van der Waals surface area contributed by atoms with Crippen molar-refractivity contribution in [1.29, 1.82) is 0 Å². The Labute approximate surface area is 126 Å². The van der Waals surface area contributed by atoms with Crippen LogP contribution in [-0.2, 0) is 0 Å². The maximum atomic E-state index is 3.74. The number of hydrogen-bond acceptors (Lipinski definition) is 2. The molecule has 2 aliphatic rings. The first kappa shape index (κ1) is 16.3. The van der Waals surface area contributed by atoms with Crippen molar-refractivity contribution in [2.45, 2.75) is 84.7 Å². The van der Waals surface area contributed by atoms with Gasteiger partial charge in [-0.05, 0) is 62.9 Å². The highest BCUT2D eigenvalue weighted by Gasteiger charge is 2.37. The average molecular weight is 281 g/mol. The molecule has 2 nitrogen and oxygen atoms in total. The summed E-state index contributed by atoms with van der Waals surface area (Å²) >= 11 is 0. The normalized spacial score (nSPS) is 26.2. The van der Waals surface area contributed by atoms with Gasteiger partial charge < -0.3 is 10.2 Å². The van der Waals surface area contributed by atoms with Gasteiger partial charge in [0, 0.05) is 18.6 Å². The summed E-state index contributed by atoms with van der Waals surface area (Å²) in [5, 5.41) is 3.74. The highest BCUT2D eigenvalue weighted by molar-refractivity contribution is 4.92. The van der Waals surface area contributed by atoms with Gasteiger partial charge in [0.1, 0.15) is 0 Å². The fraction of sp³-hybridized carbons (Fsp3) is 1.00. The van der Waals surface area contributed by atoms with Gasteiger partial charge in [0.05, 0.1) is 0 Å². The quantitative estimate of drug-likeness (QED) is 0.817. The van der Waals surface area contributed by atoms with Crippen LogP contribution in [0.1, 0.15) is 72.6 Å². The van der Waals surface area contributed by atoms with Gasteiger partial charge in [-0.1, -0.05) is 34.1 Å². The van der Waals surface area contributed by atoms with Crippen molar-refractivity contribution >= 4 is 0 Å². The van der Waals surface area contributed by atoms with Gasteiger partial charge in [0.2, 0.25) is 0 Å². The van der Waals surface area contributed by atoms with Crippen molar-refractivity contribution < 1.29 is 0 Å². The summed E-state index contributed by atoms with van der Waals surface area (Å²) in [7, 11) is 0. The summed E-state index contributed by atoms with van der Waals surface area (Å²) in [4.78, 5) is 2.72. The number of nitrogens with zero attached hydrogens (tertiary/aromatic N) is 1. The molecule has 0 amide bonds. The maximum Gasteiger partial charge on any atom is 0.00698 e. The first-order valence-electron chi connectivity index (χ1n) is 9.01. The molecular formula is C18H36N2. The lowest BCUT2D eigenvalue weighted by atomic mass is 9.67. The highest BCUT2D eigenvalue weighted by Crippen LogP contribution is 2.44. The molecule has 1 atom stereocenters. The third kappa shape index (κ3) is 4.46. The molecule has 0 bridgehead atoms. The van der Waals surface area contributed by atoms with Crippen molar-refractivity contribution in [2.75, 3.05) is 19.6 Å². The van der Waals surface area contributed by atoms with Crippen molar-refractivity contribution in [2.24, 2.45) is 11.3 Å². The Kier molecular flexibility index (Phi) is 5.92. The molecule has 2 fully saturated rings. The number of likely N-dealkylation sites (tertiary alicyclic amines) is 1. The lowest BCUT2D eigenvalue weighted by Crippen LogP contribution is -2.46. The highest BCUT2D eigenvalue weighted by atomic mass is 15.1. The van der Waals surface area contributed by atoms with Crippen LogP contribution >= 0.6 is 0 Å². The van der Waals surface area contributed by atoms with E-state index in [1.165, 1.54) is 64.6 Å². The zero-order valence-electron chi connectivity index (χ0n) is 14.3. The van der Waals surface area contributed by atoms with E-state index in [0.717, 1.165) is 12.0 Å². The summed E-state index contributed by atoms with van der Waals surface area (Å²) in [5.74, 6) is 0.870. The van der Waals surface area contributed by atoms with Crippen LogP contribution in [0.3, 0.4) is 0 Å². The number of piperidine rings is 1. The first-order valence-corrected chi connectivity index (χ1v) is 9.01. The monoisotopic (exact) mass is 280 g/mol. The van der Waals surface area contributed by atoms with E-state index >= 15 is 0 Å². The van der Waals surface area contributed by atoms with Crippen LogP contribution in [0.4, 0.5) is 0 Å². The van der Waals surface area contributed by atoms with Crippen LogP contribution in [0.2, 0.25) is 0 Å². The molecule has 2 rings (SSSR count). The third-order valence-electron chi connectivity index (χ3n) is 5.80. The maximum absolute atomic E-state index is 3.74. The van der Waals surface area contributed by atoms with Gasteiger partial charge in [-0.2, -0.15) is 0 Å². The topological polar surface area (TPSA) is 15.3 Å². The van der Waals surface area contributed by atoms with Crippen LogP contribution < -0.4 is 5.32 Å². The Hall–Kier alpha value is -0.0800. The van der Waals surface area contributed by atoms with Crippen LogP contribution in [0.25, 0.3) is 0 Å². The first-order chi connectivity index (χ1) is 9.53. The van der Waals surface area contributed by atoms with Crippen molar-refractivity contribution in [3.05, 3.63) is 0 Å². The molecule has 0 aromatic heterocycles. The molecule has 0 radical (unpaired) electrons. The standard InChI is InChI=1S/C18H36N2/c1-5-16(4)14-20-12-10-18(11-13-20)8-6-17(7-9-18)19-15(2)3/h15-17,19H,5-14H2,1-4H3. The van der Waals surface area contributed by atoms with Crippen molar-refractivity contribution in [3.63, 3.8) is 0 Å². The lowest BCUT2D eigenvalue weighted by molar-refractivity contribution is 0.0514. The SMILES string of the molecule is CCC(C)CN1CCC2(CCC(NC(C)C)CC2)CC1. The molecule has 20 heavy (non-hydrogen) atoms. The Morgan fingerprint density at radius 1 is 1.05 bits per heavy atom. The van der Waals surface area contributed by atoms with E-state index in [1.807, 2.05) is 0 Å². The van der Waals surface area contributed by atoms with E-state index in [-0.39, 0.29) is 0 Å². The fourth-order valence-corrected chi connectivity index (χ4v) is 4.15. The number of nitrogens with one attached hydrogen (secondary N) is 1.